The first-order chi connectivity index (χ1) is 11.5. The number of nitrogens with one attached hydrogen (secondary N) is 1. The molecule has 0 saturated heterocycles. The van der Waals surface area contributed by atoms with E-state index in [0.717, 1.165) is 17.5 Å². The highest BCUT2D eigenvalue weighted by molar-refractivity contribution is 6.23. The van der Waals surface area contributed by atoms with Crippen LogP contribution in [0.25, 0.3) is 16.6 Å². The standard InChI is InChI=1S/C18H24N4O2/c1-12(2)24-10-6-9-22-11-15(23)16(17(22)19)18-20-13-7-4-5-8-14(13)21(18)3/h4-5,7-8,12,19,23H,6,9-11H2,1-3H3. The molecule has 0 atom stereocenters. The molecule has 6 heteroatoms. The smallest absolute Gasteiger partial charge is 0.148 e. The maximum Gasteiger partial charge on any atom is 0.148 e. The van der Waals surface area contributed by atoms with E-state index in [2.05, 4.69) is 4.98 Å². The number of aliphatic hydroxyl groups excluding tert-OH is 1. The predicted octanol–water partition coefficient (Wildman–Crippen LogP) is 2.95. The third kappa shape index (κ3) is 3.01. The number of aryl methyl sites for hydroxylation is 1. The van der Waals surface area contributed by atoms with Crippen molar-refractivity contribution in [1.29, 1.82) is 5.41 Å². The zero-order valence-electron chi connectivity index (χ0n) is 14.4. The largest absolute Gasteiger partial charge is 0.510 e. The van der Waals surface area contributed by atoms with Gasteiger partial charge in [0.2, 0.25) is 0 Å². The number of benzene rings is 1. The van der Waals surface area contributed by atoms with Crippen molar-refractivity contribution in [2.75, 3.05) is 19.7 Å². The van der Waals surface area contributed by atoms with E-state index < -0.39 is 0 Å². The Bertz CT molecular complexity index is 791. The van der Waals surface area contributed by atoms with Gasteiger partial charge in [0.05, 0.1) is 29.3 Å². The summed E-state index contributed by atoms with van der Waals surface area (Å²) in [5.74, 6) is 1.18. The third-order valence-electron chi connectivity index (χ3n) is 4.22. The minimum atomic E-state index is 0.211. The van der Waals surface area contributed by atoms with Crippen LogP contribution in [0.15, 0.2) is 30.0 Å². The normalized spacial score (nSPS) is 15.3. The van der Waals surface area contributed by atoms with Crippen LogP contribution in [0, 0.1) is 5.41 Å². The van der Waals surface area contributed by atoms with E-state index in [-0.39, 0.29) is 11.9 Å². The molecule has 0 radical (unpaired) electrons. The molecule has 2 N–H and O–H groups in total. The molecule has 2 heterocycles. The fourth-order valence-corrected chi connectivity index (χ4v) is 3.00. The Morgan fingerprint density at radius 2 is 2.08 bits per heavy atom. The molecule has 1 aliphatic rings. The van der Waals surface area contributed by atoms with Crippen LogP contribution in [0.5, 0.6) is 0 Å². The molecular weight excluding hydrogens is 304 g/mol. The first-order valence-electron chi connectivity index (χ1n) is 8.28. The number of hydrogen-bond acceptors (Lipinski definition) is 4. The van der Waals surface area contributed by atoms with Crippen LogP contribution in [0.3, 0.4) is 0 Å². The van der Waals surface area contributed by atoms with E-state index in [9.17, 15) is 5.11 Å². The Kier molecular flexibility index (Phi) is 4.57. The van der Waals surface area contributed by atoms with Gasteiger partial charge in [0.25, 0.3) is 0 Å². The first kappa shape index (κ1) is 16.5. The number of aromatic nitrogens is 2. The number of rotatable bonds is 6. The number of para-hydroxylation sites is 2. The number of fused-ring (bicyclic) bond motifs is 1. The Morgan fingerprint density at radius 3 is 2.79 bits per heavy atom. The molecule has 6 nitrogen and oxygen atoms in total. The molecular formula is C18H24N4O2. The van der Waals surface area contributed by atoms with E-state index >= 15 is 0 Å². The molecule has 2 aromatic rings. The topological polar surface area (TPSA) is 74.4 Å². The summed E-state index contributed by atoms with van der Waals surface area (Å²) >= 11 is 0. The van der Waals surface area contributed by atoms with Gasteiger partial charge in [-0.2, -0.15) is 0 Å². The maximum atomic E-state index is 10.4. The van der Waals surface area contributed by atoms with Crippen LogP contribution >= 0.6 is 0 Å². The van der Waals surface area contributed by atoms with E-state index in [1.807, 2.05) is 54.6 Å². The van der Waals surface area contributed by atoms with Gasteiger partial charge in [-0.1, -0.05) is 12.1 Å². The second kappa shape index (κ2) is 6.65. The molecule has 0 amide bonds. The summed E-state index contributed by atoms with van der Waals surface area (Å²) in [7, 11) is 1.91. The fourth-order valence-electron chi connectivity index (χ4n) is 3.00. The van der Waals surface area contributed by atoms with Gasteiger partial charge in [-0.3, -0.25) is 5.41 Å². The van der Waals surface area contributed by atoms with Crippen molar-refractivity contribution in [1.82, 2.24) is 14.5 Å². The number of amidine groups is 1. The molecule has 0 spiro atoms. The zero-order chi connectivity index (χ0) is 17.3. The molecule has 1 aromatic heterocycles. The number of hydrogen-bond donors (Lipinski definition) is 2. The first-order valence-corrected chi connectivity index (χ1v) is 8.28. The van der Waals surface area contributed by atoms with Gasteiger partial charge < -0.3 is 19.3 Å². The number of aliphatic hydroxyl groups is 1. The summed E-state index contributed by atoms with van der Waals surface area (Å²) in [5, 5.41) is 18.8. The van der Waals surface area contributed by atoms with Crippen LogP contribution in [0.4, 0.5) is 0 Å². The van der Waals surface area contributed by atoms with Crippen molar-refractivity contribution in [3.8, 4) is 0 Å². The maximum absolute atomic E-state index is 10.4. The molecule has 24 heavy (non-hydrogen) atoms. The Hall–Kier alpha value is -2.34. The van der Waals surface area contributed by atoms with Crippen molar-refractivity contribution < 1.29 is 9.84 Å². The number of nitrogens with zero attached hydrogens (tertiary/aromatic N) is 3. The SMILES string of the molecule is CC(C)OCCCN1CC(O)=C(c2nc3ccccc3n2C)C1=N. The molecule has 1 aliphatic heterocycles. The van der Waals surface area contributed by atoms with E-state index in [0.29, 0.717) is 36.9 Å². The quantitative estimate of drug-likeness (QED) is 0.800. The van der Waals surface area contributed by atoms with Crippen molar-refractivity contribution in [3.63, 3.8) is 0 Å². The lowest BCUT2D eigenvalue weighted by atomic mass is 10.2. The van der Waals surface area contributed by atoms with Gasteiger partial charge in [0.1, 0.15) is 17.4 Å². The van der Waals surface area contributed by atoms with Crippen molar-refractivity contribution in [2.24, 2.45) is 7.05 Å². The monoisotopic (exact) mass is 328 g/mol. The summed E-state index contributed by atoms with van der Waals surface area (Å²) in [6.07, 6.45) is 1.04. The molecule has 0 saturated carbocycles. The molecule has 0 bridgehead atoms. The van der Waals surface area contributed by atoms with Gasteiger partial charge in [-0.05, 0) is 32.4 Å². The van der Waals surface area contributed by atoms with Gasteiger partial charge in [0.15, 0.2) is 0 Å². The second-order valence-corrected chi connectivity index (χ2v) is 6.35. The van der Waals surface area contributed by atoms with E-state index in [4.69, 9.17) is 10.1 Å². The minimum absolute atomic E-state index is 0.211. The Balaban J connectivity index is 1.77. The van der Waals surface area contributed by atoms with E-state index in [1.54, 1.807) is 0 Å². The van der Waals surface area contributed by atoms with Crippen molar-refractivity contribution in [3.05, 3.63) is 35.8 Å². The molecule has 0 aliphatic carbocycles. The molecule has 0 unspecified atom stereocenters. The average Bonchev–Trinajstić information content (AvgIpc) is 3.01. The molecule has 1 aromatic carbocycles. The van der Waals surface area contributed by atoms with Crippen LogP contribution in [0.2, 0.25) is 0 Å². The van der Waals surface area contributed by atoms with E-state index in [1.165, 1.54) is 0 Å². The second-order valence-electron chi connectivity index (χ2n) is 6.35. The van der Waals surface area contributed by atoms with Gasteiger partial charge in [-0.15, -0.1) is 0 Å². The lowest BCUT2D eigenvalue weighted by Gasteiger charge is -2.19. The molecule has 0 fully saturated rings. The highest BCUT2D eigenvalue weighted by atomic mass is 16.5. The van der Waals surface area contributed by atoms with Crippen LogP contribution < -0.4 is 0 Å². The fraction of sp³-hybridized carbons (Fsp3) is 0.444. The van der Waals surface area contributed by atoms with Crippen LogP contribution in [-0.4, -0.2) is 51.2 Å². The summed E-state index contributed by atoms with van der Waals surface area (Å²) in [6.45, 7) is 5.72. The molecule has 3 rings (SSSR count). The summed E-state index contributed by atoms with van der Waals surface area (Å²) in [4.78, 5) is 6.47. The van der Waals surface area contributed by atoms with Gasteiger partial charge >= 0.3 is 0 Å². The summed E-state index contributed by atoms with van der Waals surface area (Å²) < 4.78 is 7.48. The Labute approximate surface area is 141 Å². The van der Waals surface area contributed by atoms with Gasteiger partial charge in [-0.25, -0.2) is 4.98 Å². The highest BCUT2D eigenvalue weighted by Crippen LogP contribution is 2.28. The predicted molar refractivity (Wildman–Crippen MR) is 95.3 cm³/mol. The van der Waals surface area contributed by atoms with Crippen LogP contribution in [0.1, 0.15) is 26.1 Å². The lowest BCUT2D eigenvalue weighted by Crippen LogP contribution is -2.29. The summed E-state index contributed by atoms with van der Waals surface area (Å²) in [6, 6.07) is 7.83. The minimum Gasteiger partial charge on any atom is -0.510 e. The highest BCUT2D eigenvalue weighted by Gasteiger charge is 2.30. The van der Waals surface area contributed by atoms with Crippen LogP contribution in [-0.2, 0) is 11.8 Å². The Morgan fingerprint density at radius 1 is 1.33 bits per heavy atom. The van der Waals surface area contributed by atoms with Crippen molar-refractivity contribution in [2.45, 2.75) is 26.4 Å². The molecule has 128 valence electrons. The number of imidazole rings is 1. The summed E-state index contributed by atoms with van der Waals surface area (Å²) in [5.41, 5.74) is 2.38. The third-order valence-corrected chi connectivity index (χ3v) is 4.22. The van der Waals surface area contributed by atoms with Gasteiger partial charge in [0, 0.05) is 20.2 Å². The lowest BCUT2D eigenvalue weighted by molar-refractivity contribution is 0.0742. The zero-order valence-corrected chi connectivity index (χ0v) is 14.4. The van der Waals surface area contributed by atoms with Crippen molar-refractivity contribution >= 4 is 22.4 Å². The average molecular weight is 328 g/mol. The number of ether oxygens (including phenoxy) is 1.